The SMILES string of the molecule is COc1ccc(N2CCCN2C(=O)CN(C(=O)O)C(C)(C)C)c(Br)c1.COc1ccc(N2CCCN2C(=O)CNC(=O)NCc2ccc(N)cc2)c(Br)c1. The fraction of sp³-hybridized carbons (Fsp3) is 0.405. The van der Waals surface area contributed by atoms with Crippen molar-refractivity contribution < 1.29 is 33.8 Å². The average Bonchev–Trinajstić information content (AvgIpc) is 3.83. The predicted octanol–water partition coefficient (Wildman–Crippen LogP) is 5.68. The summed E-state index contributed by atoms with van der Waals surface area (Å²) in [6, 6.07) is 18.0. The molecule has 2 heterocycles. The van der Waals surface area contributed by atoms with Gasteiger partial charge in [0, 0.05) is 52.9 Å². The van der Waals surface area contributed by atoms with Gasteiger partial charge >= 0.3 is 12.1 Å². The molecule has 2 fully saturated rings. The zero-order valence-electron chi connectivity index (χ0n) is 31.1. The standard InChI is InChI=1S/C20H24BrN5O3.C17H24BrN3O4/c1-29-16-7-8-18(17(21)11-16)25-9-2-10-26(25)19(27)13-24-20(28)23-12-14-3-5-15(22)6-4-14;1-17(2,3)19(16(23)24)11-15(22)21-9-5-8-20(21)14-7-6-12(25-4)10-13(14)18/h3-8,11H,2,9-10,12-13,22H2,1H3,(H2,23,24,28);6-7,10H,5,8-9,11H2,1-4H3,(H,23,24). The maximum atomic E-state index is 12.8. The number of carbonyl (C=O) groups excluding carboxylic acids is 3. The third kappa shape index (κ3) is 11.1. The summed E-state index contributed by atoms with van der Waals surface area (Å²) in [4.78, 5) is 50.1. The van der Waals surface area contributed by atoms with E-state index in [0.717, 1.165) is 61.7 Å². The van der Waals surface area contributed by atoms with Crippen LogP contribution in [0.15, 0.2) is 69.6 Å². The number of anilines is 3. The molecule has 15 nitrogen and oxygen atoms in total. The summed E-state index contributed by atoms with van der Waals surface area (Å²) in [5, 5.41) is 21.8. The number of carbonyl (C=O) groups is 4. The van der Waals surface area contributed by atoms with Gasteiger partial charge in [0.05, 0.1) is 25.6 Å². The van der Waals surface area contributed by atoms with Gasteiger partial charge in [-0.2, -0.15) is 0 Å². The first-order chi connectivity index (χ1) is 25.6. The van der Waals surface area contributed by atoms with Gasteiger partial charge in [0.2, 0.25) is 0 Å². The van der Waals surface area contributed by atoms with Crippen LogP contribution in [0.2, 0.25) is 0 Å². The largest absolute Gasteiger partial charge is 0.497 e. The second kappa shape index (κ2) is 18.9. The van der Waals surface area contributed by atoms with Gasteiger partial charge in [-0.25, -0.2) is 9.59 Å². The Labute approximate surface area is 332 Å². The van der Waals surface area contributed by atoms with Gasteiger partial charge in [0.25, 0.3) is 11.8 Å². The highest BCUT2D eigenvalue weighted by Gasteiger charge is 2.34. The van der Waals surface area contributed by atoms with E-state index in [1.54, 1.807) is 57.1 Å². The van der Waals surface area contributed by atoms with Gasteiger partial charge in [0.1, 0.15) is 24.6 Å². The molecule has 2 aliphatic rings. The minimum atomic E-state index is -1.10. The molecule has 0 aliphatic carbocycles. The number of amides is 5. The minimum Gasteiger partial charge on any atom is -0.497 e. The number of hydrogen-bond donors (Lipinski definition) is 4. The van der Waals surface area contributed by atoms with Crippen LogP contribution in [0, 0.1) is 0 Å². The summed E-state index contributed by atoms with van der Waals surface area (Å²) >= 11 is 7.05. The number of hydrogen-bond acceptors (Lipinski definition) is 9. The molecule has 5 rings (SSSR count). The molecule has 0 bridgehead atoms. The van der Waals surface area contributed by atoms with Crippen molar-refractivity contribution in [3.05, 3.63) is 75.2 Å². The quantitative estimate of drug-likeness (QED) is 0.186. The number of hydrazine groups is 2. The molecule has 0 radical (unpaired) electrons. The molecule has 0 spiro atoms. The highest BCUT2D eigenvalue weighted by atomic mass is 79.9. The van der Waals surface area contributed by atoms with E-state index in [1.165, 1.54) is 0 Å². The Morgan fingerprint density at radius 1 is 0.778 bits per heavy atom. The maximum absolute atomic E-state index is 12.8. The van der Waals surface area contributed by atoms with Crippen molar-refractivity contribution in [2.75, 3.05) is 69.2 Å². The summed E-state index contributed by atoms with van der Waals surface area (Å²) in [7, 11) is 3.21. The normalized spacial score (nSPS) is 13.9. The monoisotopic (exact) mass is 874 g/mol. The van der Waals surface area contributed by atoms with Crippen LogP contribution in [0.3, 0.4) is 0 Å². The van der Waals surface area contributed by atoms with Crippen LogP contribution in [0.5, 0.6) is 11.5 Å². The van der Waals surface area contributed by atoms with Gasteiger partial charge in [-0.3, -0.25) is 34.5 Å². The Morgan fingerprint density at radius 3 is 1.72 bits per heavy atom. The molecule has 2 aliphatic heterocycles. The van der Waals surface area contributed by atoms with E-state index in [2.05, 4.69) is 42.5 Å². The lowest BCUT2D eigenvalue weighted by Crippen LogP contribution is -2.52. The Kier molecular flexibility index (Phi) is 14.7. The third-order valence-electron chi connectivity index (χ3n) is 8.67. The number of halogens is 2. The van der Waals surface area contributed by atoms with Gasteiger partial charge in [-0.15, -0.1) is 0 Å². The molecule has 2 saturated heterocycles. The van der Waals surface area contributed by atoms with Gasteiger partial charge in [0.15, 0.2) is 0 Å². The number of nitrogens with two attached hydrogens (primary N) is 1. The van der Waals surface area contributed by atoms with Crippen molar-refractivity contribution in [2.45, 2.75) is 45.7 Å². The first-order valence-electron chi connectivity index (χ1n) is 17.3. The van der Waals surface area contributed by atoms with E-state index in [-0.39, 0.29) is 24.9 Å². The fourth-order valence-corrected chi connectivity index (χ4v) is 6.95. The number of ether oxygens (including phenoxy) is 2. The van der Waals surface area contributed by atoms with Crippen molar-refractivity contribution in [1.29, 1.82) is 0 Å². The predicted molar refractivity (Wildman–Crippen MR) is 214 cm³/mol. The van der Waals surface area contributed by atoms with Gasteiger partial charge in [-0.05, 0) is 120 Å². The number of nitrogen functional groups attached to an aromatic ring is 1. The molecule has 292 valence electrons. The highest BCUT2D eigenvalue weighted by Crippen LogP contribution is 2.34. The van der Waals surface area contributed by atoms with Crippen molar-refractivity contribution in [1.82, 2.24) is 25.6 Å². The zero-order chi connectivity index (χ0) is 39.6. The summed E-state index contributed by atoms with van der Waals surface area (Å²) in [6.07, 6.45) is 0.581. The lowest BCUT2D eigenvalue weighted by atomic mass is 10.1. The van der Waals surface area contributed by atoms with E-state index in [4.69, 9.17) is 15.2 Å². The van der Waals surface area contributed by atoms with Crippen molar-refractivity contribution in [2.24, 2.45) is 0 Å². The Hall–Kier alpha value is -4.90. The number of nitrogens with one attached hydrogen (secondary N) is 2. The molecule has 3 aromatic rings. The first-order valence-corrected chi connectivity index (χ1v) is 18.9. The number of carboxylic acid groups (broad SMARTS) is 1. The number of rotatable bonds is 10. The molecule has 0 aromatic heterocycles. The molecule has 0 unspecified atom stereocenters. The Bertz CT molecular complexity index is 1790. The lowest BCUT2D eigenvalue weighted by Gasteiger charge is -2.36. The molecule has 0 saturated carbocycles. The fourth-order valence-electron chi connectivity index (χ4n) is 5.83. The smallest absolute Gasteiger partial charge is 0.408 e. The molecular weight excluding hydrogens is 828 g/mol. The molecule has 5 N–H and O–H groups in total. The van der Waals surface area contributed by atoms with Crippen molar-refractivity contribution >= 4 is 72.9 Å². The average molecular weight is 877 g/mol. The Morgan fingerprint density at radius 2 is 1.28 bits per heavy atom. The van der Waals surface area contributed by atoms with Crippen LogP contribution >= 0.6 is 31.9 Å². The van der Waals surface area contributed by atoms with E-state index >= 15 is 0 Å². The van der Waals surface area contributed by atoms with E-state index in [1.807, 2.05) is 58.5 Å². The van der Waals surface area contributed by atoms with Crippen LogP contribution in [0.4, 0.5) is 26.7 Å². The van der Waals surface area contributed by atoms with Crippen LogP contribution in [0.25, 0.3) is 0 Å². The highest BCUT2D eigenvalue weighted by molar-refractivity contribution is 9.11. The van der Waals surface area contributed by atoms with Crippen LogP contribution in [-0.4, -0.2) is 103 Å². The van der Waals surface area contributed by atoms with Crippen LogP contribution < -0.4 is 35.9 Å². The van der Waals surface area contributed by atoms with E-state index < -0.39 is 17.7 Å². The van der Waals surface area contributed by atoms with E-state index in [9.17, 15) is 24.3 Å². The van der Waals surface area contributed by atoms with Crippen LogP contribution in [0.1, 0.15) is 39.2 Å². The summed E-state index contributed by atoms with van der Waals surface area (Å²) in [6.45, 7) is 8.00. The van der Waals surface area contributed by atoms with Crippen molar-refractivity contribution in [3.63, 3.8) is 0 Å². The summed E-state index contributed by atoms with van der Waals surface area (Å²) in [5.41, 5.74) is 8.33. The molecular formula is C37H48Br2N8O7. The van der Waals surface area contributed by atoms with Crippen LogP contribution in [-0.2, 0) is 16.1 Å². The first kappa shape index (κ1) is 41.9. The maximum Gasteiger partial charge on any atom is 0.408 e. The summed E-state index contributed by atoms with van der Waals surface area (Å²) in [5.74, 6) is 1.04. The number of nitrogens with zero attached hydrogens (tertiary/aromatic N) is 5. The number of benzene rings is 3. The molecule has 0 atom stereocenters. The third-order valence-corrected chi connectivity index (χ3v) is 9.94. The topological polar surface area (TPSA) is 173 Å². The van der Waals surface area contributed by atoms with Gasteiger partial charge < -0.3 is 30.9 Å². The summed E-state index contributed by atoms with van der Waals surface area (Å²) < 4.78 is 12.1. The molecule has 3 aromatic carbocycles. The van der Waals surface area contributed by atoms with Crippen molar-refractivity contribution in [3.8, 4) is 11.5 Å². The molecule has 54 heavy (non-hydrogen) atoms. The van der Waals surface area contributed by atoms with Gasteiger partial charge in [-0.1, -0.05) is 12.1 Å². The molecule has 17 heteroatoms. The molecule has 5 amide bonds. The van der Waals surface area contributed by atoms with E-state index in [0.29, 0.717) is 31.9 Å². The number of urea groups is 1. The second-order valence-electron chi connectivity index (χ2n) is 13.4. The zero-order valence-corrected chi connectivity index (χ0v) is 34.3. The lowest BCUT2D eigenvalue weighted by molar-refractivity contribution is -0.132. The minimum absolute atomic E-state index is 0.0855. The second-order valence-corrected chi connectivity index (χ2v) is 15.1. The number of methoxy groups -OCH3 is 2. The Balaban J connectivity index is 0.000000244.